The van der Waals surface area contributed by atoms with Crippen LogP contribution < -0.4 is 0 Å². The van der Waals surface area contributed by atoms with Crippen molar-refractivity contribution >= 4 is 10.8 Å². The summed E-state index contributed by atoms with van der Waals surface area (Å²) in [5, 5.41) is 2.69. The fourth-order valence-electron chi connectivity index (χ4n) is 2.27. The van der Waals surface area contributed by atoms with Crippen molar-refractivity contribution in [2.75, 3.05) is 0 Å². The Balaban J connectivity index is 1.96. The summed E-state index contributed by atoms with van der Waals surface area (Å²) in [7, 11) is 0. The van der Waals surface area contributed by atoms with Gasteiger partial charge in [0.1, 0.15) is 0 Å². The van der Waals surface area contributed by atoms with Crippen LogP contribution in [0.5, 0.6) is 0 Å². The Morgan fingerprint density at radius 2 is 1.75 bits per heavy atom. The van der Waals surface area contributed by atoms with Crippen molar-refractivity contribution in [2.45, 2.75) is 26.2 Å². The molecule has 1 aliphatic carbocycles. The van der Waals surface area contributed by atoms with Crippen LogP contribution in [0, 0.1) is 0 Å². The van der Waals surface area contributed by atoms with Crippen LogP contribution in [0.2, 0.25) is 0 Å². The van der Waals surface area contributed by atoms with E-state index in [1.807, 2.05) is 0 Å². The van der Waals surface area contributed by atoms with Gasteiger partial charge in [0.2, 0.25) is 0 Å². The van der Waals surface area contributed by atoms with Crippen LogP contribution in [-0.2, 0) is 6.42 Å². The number of fused-ring (bicyclic) bond motifs is 1. The van der Waals surface area contributed by atoms with E-state index in [9.17, 15) is 0 Å². The molecule has 0 radical (unpaired) electrons. The van der Waals surface area contributed by atoms with Crippen molar-refractivity contribution in [1.82, 2.24) is 0 Å². The molecule has 0 nitrogen and oxygen atoms in total. The zero-order chi connectivity index (χ0) is 11.0. The zero-order valence-electron chi connectivity index (χ0n) is 9.66. The molecule has 0 aliphatic heterocycles. The van der Waals surface area contributed by atoms with Gasteiger partial charge in [0.25, 0.3) is 0 Å². The van der Waals surface area contributed by atoms with Crippen LogP contribution in [0.1, 0.15) is 25.3 Å². The molecule has 0 heteroatoms. The highest BCUT2D eigenvalue weighted by atomic mass is 14.2. The molecule has 16 heavy (non-hydrogen) atoms. The molecule has 1 fully saturated rings. The molecule has 0 aromatic heterocycles. The molecule has 0 N–H and O–H groups in total. The van der Waals surface area contributed by atoms with Crippen LogP contribution in [0.25, 0.3) is 10.8 Å². The van der Waals surface area contributed by atoms with Crippen molar-refractivity contribution in [3.63, 3.8) is 0 Å². The minimum atomic E-state index is 1.13. The minimum Gasteiger partial charge on any atom is -0.0703 e. The van der Waals surface area contributed by atoms with Crippen LogP contribution in [0.3, 0.4) is 0 Å². The van der Waals surface area contributed by atoms with Gasteiger partial charge in [-0.25, -0.2) is 0 Å². The third-order valence-corrected chi connectivity index (χ3v) is 3.39. The van der Waals surface area contributed by atoms with E-state index in [4.69, 9.17) is 0 Å². The highest BCUT2D eigenvalue weighted by Crippen LogP contribution is 2.32. The molecular weight excluding hydrogens is 192 g/mol. The maximum absolute atomic E-state index is 2.32. The average molecular weight is 208 g/mol. The van der Waals surface area contributed by atoms with Gasteiger partial charge in [-0.1, -0.05) is 53.6 Å². The first kappa shape index (κ1) is 9.65. The van der Waals surface area contributed by atoms with Gasteiger partial charge in [0, 0.05) is 0 Å². The van der Waals surface area contributed by atoms with E-state index < -0.39 is 0 Å². The summed E-state index contributed by atoms with van der Waals surface area (Å²) in [4.78, 5) is 0. The molecule has 2 aromatic carbocycles. The minimum absolute atomic E-state index is 1.13. The van der Waals surface area contributed by atoms with Crippen molar-refractivity contribution in [3.8, 4) is 0 Å². The zero-order valence-corrected chi connectivity index (χ0v) is 9.66. The lowest BCUT2D eigenvalue weighted by Gasteiger charge is -2.04. The molecule has 0 saturated heterocycles. The molecule has 0 unspecified atom stereocenters. The second kappa shape index (κ2) is 3.79. The monoisotopic (exact) mass is 208 g/mol. The van der Waals surface area contributed by atoms with E-state index >= 15 is 0 Å². The first-order chi connectivity index (χ1) is 7.83. The topological polar surface area (TPSA) is 0 Å². The van der Waals surface area contributed by atoms with Crippen molar-refractivity contribution in [1.29, 1.82) is 0 Å². The van der Waals surface area contributed by atoms with Gasteiger partial charge in [-0.05, 0) is 42.5 Å². The Hall–Kier alpha value is -1.56. The second-order valence-corrected chi connectivity index (χ2v) is 4.74. The molecular formula is C16H16. The van der Waals surface area contributed by atoms with Crippen LogP contribution in [0.15, 0.2) is 53.6 Å². The molecule has 80 valence electrons. The standard InChI is InChI=1S/C16H16/c1-12(14-8-9-14)10-13-6-7-15-4-2-3-5-16(15)11-13/h2-7,11H,8-10H2,1H3. The Bertz CT molecular complexity index is 555. The largest absolute Gasteiger partial charge is 0.0703 e. The molecule has 2 aromatic rings. The first-order valence-corrected chi connectivity index (χ1v) is 5.98. The smallest absolute Gasteiger partial charge is 0.00670 e. The Morgan fingerprint density at radius 3 is 2.50 bits per heavy atom. The van der Waals surface area contributed by atoms with Crippen LogP contribution in [-0.4, -0.2) is 0 Å². The molecule has 0 heterocycles. The van der Waals surface area contributed by atoms with E-state index in [1.54, 1.807) is 11.1 Å². The van der Waals surface area contributed by atoms with E-state index in [0.29, 0.717) is 0 Å². The van der Waals surface area contributed by atoms with E-state index in [0.717, 1.165) is 6.42 Å². The molecule has 3 rings (SSSR count). The summed E-state index contributed by atoms with van der Waals surface area (Å²) in [6.45, 7) is 2.28. The summed E-state index contributed by atoms with van der Waals surface area (Å²) in [6, 6.07) is 15.4. The van der Waals surface area contributed by atoms with Gasteiger partial charge in [-0.3, -0.25) is 0 Å². The third-order valence-electron chi connectivity index (χ3n) is 3.39. The molecule has 0 spiro atoms. The maximum Gasteiger partial charge on any atom is -0.00670 e. The van der Waals surface area contributed by atoms with Crippen molar-refractivity contribution < 1.29 is 0 Å². The molecule has 1 saturated carbocycles. The molecule has 0 amide bonds. The quantitative estimate of drug-likeness (QED) is 0.638. The third kappa shape index (κ3) is 1.88. The summed E-state index contributed by atoms with van der Waals surface area (Å²) >= 11 is 0. The molecule has 1 aliphatic rings. The number of allylic oxidation sites excluding steroid dienone is 2. The fourth-order valence-corrected chi connectivity index (χ4v) is 2.27. The van der Waals surface area contributed by atoms with E-state index in [2.05, 4.69) is 49.4 Å². The predicted molar refractivity (Wildman–Crippen MR) is 69.6 cm³/mol. The van der Waals surface area contributed by atoms with Gasteiger partial charge in [0.05, 0.1) is 0 Å². The average Bonchev–Trinajstić information content (AvgIpc) is 3.12. The normalized spacial score (nSPS) is 14.2. The van der Waals surface area contributed by atoms with Gasteiger partial charge in [0.15, 0.2) is 0 Å². The molecule has 0 atom stereocenters. The van der Waals surface area contributed by atoms with E-state index in [1.165, 1.54) is 29.2 Å². The van der Waals surface area contributed by atoms with Gasteiger partial charge < -0.3 is 0 Å². The van der Waals surface area contributed by atoms with Gasteiger partial charge in [-0.2, -0.15) is 0 Å². The second-order valence-electron chi connectivity index (χ2n) is 4.74. The number of rotatable bonds is 2. The van der Waals surface area contributed by atoms with Gasteiger partial charge in [-0.15, -0.1) is 0 Å². The molecule has 0 bridgehead atoms. The highest BCUT2D eigenvalue weighted by molar-refractivity contribution is 5.83. The summed E-state index contributed by atoms with van der Waals surface area (Å²) in [6.07, 6.45) is 3.79. The lowest BCUT2D eigenvalue weighted by molar-refractivity contribution is 1.13. The van der Waals surface area contributed by atoms with Crippen molar-refractivity contribution in [3.05, 3.63) is 59.2 Å². The number of benzene rings is 2. The number of hydrogen-bond donors (Lipinski definition) is 0. The van der Waals surface area contributed by atoms with E-state index in [-0.39, 0.29) is 0 Å². The highest BCUT2D eigenvalue weighted by Gasteiger charge is 2.14. The summed E-state index contributed by atoms with van der Waals surface area (Å²) < 4.78 is 0. The summed E-state index contributed by atoms with van der Waals surface area (Å²) in [5.74, 6) is 0. The predicted octanol–water partition coefficient (Wildman–Crippen LogP) is 4.49. The Morgan fingerprint density at radius 1 is 1.00 bits per heavy atom. The first-order valence-electron chi connectivity index (χ1n) is 5.98. The SMILES string of the molecule is CC(Cc1ccc2ccccc2c1)=C1CC1. The number of hydrogen-bond acceptors (Lipinski definition) is 0. The fraction of sp³-hybridized carbons (Fsp3) is 0.250. The summed E-state index contributed by atoms with van der Waals surface area (Å²) in [5.41, 5.74) is 4.69. The maximum atomic E-state index is 2.32. The lowest BCUT2D eigenvalue weighted by atomic mass is 10.0. The van der Waals surface area contributed by atoms with Crippen LogP contribution >= 0.6 is 0 Å². The Kier molecular flexibility index (Phi) is 2.28. The van der Waals surface area contributed by atoms with Crippen molar-refractivity contribution in [2.24, 2.45) is 0 Å². The van der Waals surface area contributed by atoms with Gasteiger partial charge >= 0.3 is 0 Å². The Labute approximate surface area is 96.6 Å². The lowest BCUT2D eigenvalue weighted by Crippen LogP contribution is -1.87. The van der Waals surface area contributed by atoms with Crippen LogP contribution in [0.4, 0.5) is 0 Å².